The van der Waals surface area contributed by atoms with Crippen molar-refractivity contribution in [3.63, 3.8) is 0 Å². The summed E-state index contributed by atoms with van der Waals surface area (Å²) in [7, 11) is 0. The van der Waals surface area contributed by atoms with Gasteiger partial charge in [-0.1, -0.05) is 6.07 Å². The summed E-state index contributed by atoms with van der Waals surface area (Å²) in [6.45, 7) is 1.68. The highest BCUT2D eigenvalue weighted by atomic mass is 19.1. The smallest absolute Gasteiger partial charge is 0.335 e. The van der Waals surface area contributed by atoms with E-state index in [0.717, 1.165) is 17.0 Å². The summed E-state index contributed by atoms with van der Waals surface area (Å²) in [6, 6.07) is 8.27. The van der Waals surface area contributed by atoms with E-state index >= 15 is 0 Å². The monoisotopic (exact) mass is 427 g/mol. The molecule has 9 nitrogen and oxygen atoms in total. The highest BCUT2D eigenvalue weighted by Gasteiger charge is 2.36. The van der Waals surface area contributed by atoms with Gasteiger partial charge in [-0.3, -0.25) is 19.7 Å². The van der Waals surface area contributed by atoms with Gasteiger partial charge in [0.05, 0.1) is 12.3 Å². The number of hydrogen-bond acceptors (Lipinski definition) is 6. The van der Waals surface area contributed by atoms with Crippen molar-refractivity contribution in [2.24, 2.45) is 5.73 Å². The topological polar surface area (TPSA) is 128 Å². The van der Waals surface area contributed by atoms with Gasteiger partial charge in [0.15, 0.2) is 18.1 Å². The fourth-order valence-electron chi connectivity index (χ4n) is 2.80. The fraction of sp³-hybridized carbons (Fsp3) is 0.143. The summed E-state index contributed by atoms with van der Waals surface area (Å²) in [4.78, 5) is 49.0. The molecule has 160 valence electrons. The summed E-state index contributed by atoms with van der Waals surface area (Å²) in [5.41, 5.74) is 5.28. The number of nitrogens with one attached hydrogen (secondary N) is 1. The van der Waals surface area contributed by atoms with Gasteiger partial charge >= 0.3 is 6.03 Å². The van der Waals surface area contributed by atoms with Gasteiger partial charge in [-0.25, -0.2) is 14.1 Å². The minimum Gasteiger partial charge on any atom is -0.490 e. The van der Waals surface area contributed by atoms with E-state index in [1.807, 2.05) is 0 Å². The summed E-state index contributed by atoms with van der Waals surface area (Å²) < 4.78 is 24.0. The number of ether oxygens (including phenoxy) is 2. The predicted molar refractivity (Wildman–Crippen MR) is 108 cm³/mol. The van der Waals surface area contributed by atoms with Crippen molar-refractivity contribution < 1.29 is 33.0 Å². The number of nitrogens with two attached hydrogens (primary N) is 1. The minimum absolute atomic E-state index is 0.104. The maximum Gasteiger partial charge on any atom is 0.335 e. The number of urea groups is 1. The number of nitrogens with zero attached hydrogens (tertiary/aromatic N) is 1. The molecule has 10 heteroatoms. The number of carbonyl (C=O) groups excluding carboxylic acids is 4. The number of imide groups is 2. The number of benzene rings is 2. The standard InChI is InChI=1S/C21H18FN3O6/c1-2-30-17-10-12(3-8-16(17)31-11-18(23)26)9-15-19(27)24-21(29)25(20(15)28)14-6-4-13(22)5-7-14/h3-10H,2,11H2,1H3,(H2,23,26)(H,24,27,29)/b15-9+. The first kappa shape index (κ1) is 21.5. The third-order valence-corrected chi connectivity index (χ3v) is 4.14. The van der Waals surface area contributed by atoms with Gasteiger partial charge in [0.2, 0.25) is 0 Å². The lowest BCUT2D eigenvalue weighted by molar-refractivity contribution is -0.123. The first-order valence-corrected chi connectivity index (χ1v) is 9.15. The van der Waals surface area contributed by atoms with Gasteiger partial charge in [-0.05, 0) is 55.0 Å². The van der Waals surface area contributed by atoms with Crippen LogP contribution in [0.5, 0.6) is 11.5 Å². The summed E-state index contributed by atoms with van der Waals surface area (Å²) >= 11 is 0. The van der Waals surface area contributed by atoms with Crippen LogP contribution in [-0.2, 0) is 14.4 Å². The van der Waals surface area contributed by atoms with Crippen molar-refractivity contribution >= 4 is 35.5 Å². The summed E-state index contributed by atoms with van der Waals surface area (Å²) in [6.07, 6.45) is 1.28. The number of anilines is 1. The third kappa shape index (κ3) is 4.86. The molecule has 1 aliphatic rings. The van der Waals surface area contributed by atoms with Crippen molar-refractivity contribution in [3.05, 3.63) is 59.4 Å². The van der Waals surface area contributed by atoms with Gasteiger partial charge in [-0.2, -0.15) is 0 Å². The predicted octanol–water partition coefficient (Wildman–Crippen LogP) is 1.75. The van der Waals surface area contributed by atoms with E-state index in [4.69, 9.17) is 15.2 Å². The van der Waals surface area contributed by atoms with Crippen LogP contribution in [0.1, 0.15) is 12.5 Å². The second-order valence-electron chi connectivity index (χ2n) is 6.33. The Balaban J connectivity index is 1.95. The van der Waals surface area contributed by atoms with Crippen molar-refractivity contribution in [1.29, 1.82) is 0 Å². The lowest BCUT2D eigenvalue weighted by Crippen LogP contribution is -2.54. The molecule has 0 bridgehead atoms. The van der Waals surface area contributed by atoms with E-state index in [2.05, 4.69) is 5.32 Å². The summed E-state index contributed by atoms with van der Waals surface area (Å²) in [5, 5.41) is 2.09. The largest absolute Gasteiger partial charge is 0.490 e. The summed E-state index contributed by atoms with van der Waals surface area (Å²) in [5.74, 6) is -2.42. The Kier molecular flexibility index (Phi) is 6.29. The first-order valence-electron chi connectivity index (χ1n) is 9.15. The molecule has 0 saturated carbocycles. The van der Waals surface area contributed by atoms with E-state index in [1.54, 1.807) is 6.92 Å². The van der Waals surface area contributed by atoms with Crippen molar-refractivity contribution in [2.45, 2.75) is 6.92 Å². The molecule has 5 amide bonds. The number of halogens is 1. The van der Waals surface area contributed by atoms with Gasteiger partial charge < -0.3 is 15.2 Å². The molecule has 0 aromatic heterocycles. The maximum absolute atomic E-state index is 13.2. The lowest BCUT2D eigenvalue weighted by atomic mass is 10.1. The first-order chi connectivity index (χ1) is 14.8. The second-order valence-corrected chi connectivity index (χ2v) is 6.33. The number of amides is 5. The van der Waals surface area contributed by atoms with Gasteiger partial charge in [0.25, 0.3) is 17.7 Å². The van der Waals surface area contributed by atoms with E-state index < -0.39 is 29.6 Å². The number of hydrogen-bond donors (Lipinski definition) is 2. The lowest BCUT2D eigenvalue weighted by Gasteiger charge is -2.26. The van der Waals surface area contributed by atoms with Crippen molar-refractivity contribution in [2.75, 3.05) is 18.1 Å². The average molecular weight is 427 g/mol. The molecule has 2 aromatic carbocycles. The zero-order valence-electron chi connectivity index (χ0n) is 16.4. The Morgan fingerprint density at radius 2 is 1.81 bits per heavy atom. The van der Waals surface area contributed by atoms with Crippen LogP contribution in [0.15, 0.2) is 48.0 Å². The van der Waals surface area contributed by atoms with Gasteiger partial charge in [0.1, 0.15) is 11.4 Å². The Morgan fingerprint density at radius 3 is 2.45 bits per heavy atom. The average Bonchev–Trinajstić information content (AvgIpc) is 2.72. The fourth-order valence-corrected chi connectivity index (χ4v) is 2.80. The Hall–Kier alpha value is -4.21. The van der Waals surface area contributed by atoms with E-state index in [-0.39, 0.29) is 29.4 Å². The van der Waals surface area contributed by atoms with Crippen LogP contribution in [0.25, 0.3) is 6.08 Å². The van der Waals surface area contributed by atoms with Crippen LogP contribution >= 0.6 is 0 Å². The second kappa shape index (κ2) is 9.08. The molecule has 0 atom stereocenters. The van der Waals surface area contributed by atoms with Crippen molar-refractivity contribution in [3.8, 4) is 11.5 Å². The number of rotatable bonds is 7. The molecule has 1 aliphatic heterocycles. The normalized spacial score (nSPS) is 15.1. The maximum atomic E-state index is 13.2. The molecule has 1 fully saturated rings. The molecule has 0 radical (unpaired) electrons. The van der Waals surface area contributed by atoms with Crippen LogP contribution < -0.4 is 25.4 Å². The van der Waals surface area contributed by atoms with Crippen LogP contribution in [0.3, 0.4) is 0 Å². The van der Waals surface area contributed by atoms with Crippen LogP contribution in [0.2, 0.25) is 0 Å². The van der Waals surface area contributed by atoms with Crippen LogP contribution in [-0.4, -0.2) is 37.0 Å². The number of barbiturate groups is 1. The van der Waals surface area contributed by atoms with Gasteiger partial charge in [0, 0.05) is 0 Å². The Labute approximate surface area is 176 Å². The van der Waals surface area contributed by atoms with Gasteiger partial charge in [-0.15, -0.1) is 0 Å². The molecule has 0 unspecified atom stereocenters. The van der Waals surface area contributed by atoms with Crippen LogP contribution in [0.4, 0.5) is 14.9 Å². The highest BCUT2D eigenvalue weighted by Crippen LogP contribution is 2.30. The molecule has 31 heavy (non-hydrogen) atoms. The molecular weight excluding hydrogens is 409 g/mol. The number of primary amides is 1. The molecule has 3 rings (SSSR count). The quantitative estimate of drug-likeness (QED) is 0.512. The van der Waals surface area contributed by atoms with E-state index in [9.17, 15) is 23.6 Å². The molecular formula is C21H18FN3O6. The Bertz CT molecular complexity index is 1080. The molecule has 3 N–H and O–H groups in total. The molecule has 0 spiro atoms. The molecule has 1 saturated heterocycles. The molecule has 2 aromatic rings. The molecule has 0 aliphatic carbocycles. The van der Waals surface area contributed by atoms with E-state index in [1.165, 1.54) is 36.4 Å². The highest BCUT2D eigenvalue weighted by molar-refractivity contribution is 6.39. The van der Waals surface area contributed by atoms with Crippen molar-refractivity contribution in [1.82, 2.24) is 5.32 Å². The zero-order chi connectivity index (χ0) is 22.5. The van der Waals surface area contributed by atoms with Crippen LogP contribution in [0, 0.1) is 5.82 Å². The zero-order valence-corrected chi connectivity index (χ0v) is 16.4. The molecule has 1 heterocycles. The van der Waals surface area contributed by atoms with E-state index in [0.29, 0.717) is 12.2 Å². The Morgan fingerprint density at radius 1 is 1.10 bits per heavy atom. The SMILES string of the molecule is CCOc1cc(/C=C2\C(=O)NC(=O)N(c3ccc(F)cc3)C2=O)ccc1OCC(N)=O. The minimum atomic E-state index is -0.941. The number of carbonyl (C=O) groups is 4. The third-order valence-electron chi connectivity index (χ3n) is 4.14.